The number of amides is 1. The number of aromatic nitrogens is 1. The van der Waals surface area contributed by atoms with Crippen molar-refractivity contribution in [1.82, 2.24) is 10.3 Å². The quantitative estimate of drug-likeness (QED) is 0.0317. The van der Waals surface area contributed by atoms with E-state index in [1.807, 2.05) is 48.5 Å². The Morgan fingerprint density at radius 3 is 1.96 bits per heavy atom. The molecule has 10 heteroatoms. The topological polar surface area (TPSA) is 96.0 Å². The normalized spacial score (nSPS) is 12.2. The van der Waals surface area contributed by atoms with Crippen molar-refractivity contribution >= 4 is 88.5 Å². The van der Waals surface area contributed by atoms with Gasteiger partial charge in [-0.2, -0.15) is 0 Å². The lowest BCUT2D eigenvalue weighted by Crippen LogP contribution is -2.43. The maximum absolute atomic E-state index is 13.4. The standard InChI is InChI=1S/C58H46N2O6S2/c1-2-55(61)63-31-30-59-56(62)66-37-58(38-67-57-60-52-27-12-14-29-54(52)68-57,35-64-42-19-15-18-39(32-42)50-33-40-16-3-5-20-43(40)45-22-7-9-24-47(45)50)36-65-53-28-13-11-26-49(53)51-34-41-17-4-6-21-44(41)46-23-8-10-25-48(46)51/h2-29,32-34H,1,30-31,35-38H2,(H,59,62). The largest absolute Gasteiger partial charge is 0.493 e. The van der Waals surface area contributed by atoms with Gasteiger partial charge in [0.15, 0.2) is 4.34 Å². The van der Waals surface area contributed by atoms with Crippen molar-refractivity contribution in [2.75, 3.05) is 38.7 Å². The molecule has 1 amide bonds. The molecule has 0 spiro atoms. The van der Waals surface area contributed by atoms with Gasteiger partial charge in [-0.15, -0.1) is 11.3 Å². The minimum absolute atomic E-state index is 0.0339. The molecule has 10 rings (SSSR count). The second kappa shape index (κ2) is 20.1. The Balaban J connectivity index is 1.01. The molecule has 0 fully saturated rings. The first-order valence-electron chi connectivity index (χ1n) is 22.4. The fourth-order valence-electron chi connectivity index (χ4n) is 8.62. The SMILES string of the molecule is C=CC(=O)OCCNC(=O)OCC(COc1cccc(-c2cc3ccccc3c3ccccc23)c1)(COc1ccccc1-c1cc2ccccc2c2ccccc12)CSc1nc2ccccc2s1. The van der Waals surface area contributed by atoms with Gasteiger partial charge in [-0.3, -0.25) is 0 Å². The number of ether oxygens (including phenoxy) is 4. The molecule has 68 heavy (non-hydrogen) atoms. The number of benzene rings is 9. The van der Waals surface area contributed by atoms with Crippen molar-refractivity contribution in [3.05, 3.63) is 195 Å². The van der Waals surface area contributed by atoms with Crippen molar-refractivity contribution in [1.29, 1.82) is 0 Å². The maximum Gasteiger partial charge on any atom is 0.407 e. The molecule has 0 aliphatic carbocycles. The highest BCUT2D eigenvalue weighted by Gasteiger charge is 2.36. The number of carbonyl (C=O) groups excluding carboxylic acids is 2. The number of thiazole rings is 1. The van der Waals surface area contributed by atoms with Crippen LogP contribution in [0.1, 0.15) is 0 Å². The zero-order valence-electron chi connectivity index (χ0n) is 37.1. The van der Waals surface area contributed by atoms with Gasteiger partial charge in [0.05, 0.1) is 22.2 Å². The molecule has 336 valence electrons. The van der Waals surface area contributed by atoms with Crippen molar-refractivity contribution < 1.29 is 28.5 Å². The van der Waals surface area contributed by atoms with Crippen molar-refractivity contribution in [2.45, 2.75) is 4.34 Å². The van der Waals surface area contributed by atoms with Crippen LogP contribution in [-0.4, -0.2) is 55.8 Å². The van der Waals surface area contributed by atoms with Gasteiger partial charge >= 0.3 is 12.1 Å². The van der Waals surface area contributed by atoms with Crippen LogP contribution in [0.15, 0.2) is 199 Å². The van der Waals surface area contributed by atoms with Crippen molar-refractivity contribution in [3.8, 4) is 33.8 Å². The third-order valence-electron chi connectivity index (χ3n) is 12.0. The second-order valence-electron chi connectivity index (χ2n) is 16.6. The van der Waals surface area contributed by atoms with Crippen LogP contribution >= 0.6 is 23.1 Å². The molecular formula is C58H46N2O6S2. The monoisotopic (exact) mass is 930 g/mol. The average Bonchev–Trinajstić information content (AvgIpc) is 3.82. The summed E-state index contributed by atoms with van der Waals surface area (Å²) < 4.78 is 27.0. The van der Waals surface area contributed by atoms with E-state index in [9.17, 15) is 9.59 Å². The van der Waals surface area contributed by atoms with Crippen LogP contribution in [0.25, 0.3) is 75.6 Å². The molecule has 9 aromatic carbocycles. The number of para-hydroxylation sites is 2. The van der Waals surface area contributed by atoms with E-state index in [1.165, 1.54) is 16.2 Å². The molecule has 1 aromatic heterocycles. The van der Waals surface area contributed by atoms with Gasteiger partial charge in [0.2, 0.25) is 0 Å². The Bertz CT molecular complexity index is 3450. The van der Waals surface area contributed by atoms with Crippen LogP contribution in [0, 0.1) is 5.41 Å². The van der Waals surface area contributed by atoms with E-state index >= 15 is 0 Å². The highest BCUT2D eigenvalue weighted by molar-refractivity contribution is 8.01. The lowest BCUT2D eigenvalue weighted by Gasteiger charge is -2.33. The van der Waals surface area contributed by atoms with Crippen LogP contribution in [-0.2, 0) is 14.3 Å². The van der Waals surface area contributed by atoms with E-state index in [4.69, 9.17) is 23.9 Å². The predicted molar refractivity (Wildman–Crippen MR) is 278 cm³/mol. The van der Waals surface area contributed by atoms with Gasteiger partial charge in [0.25, 0.3) is 0 Å². The van der Waals surface area contributed by atoms with Gasteiger partial charge in [0.1, 0.15) is 37.9 Å². The zero-order valence-corrected chi connectivity index (χ0v) is 38.7. The minimum atomic E-state index is -0.931. The number of nitrogens with one attached hydrogen (secondary N) is 1. The van der Waals surface area contributed by atoms with E-state index in [-0.39, 0.29) is 33.0 Å². The third-order valence-corrected chi connectivity index (χ3v) is 14.5. The van der Waals surface area contributed by atoms with E-state index in [2.05, 4.69) is 145 Å². The molecule has 0 aliphatic rings. The molecule has 1 unspecified atom stereocenters. The van der Waals surface area contributed by atoms with Gasteiger partial charge in [0, 0.05) is 17.4 Å². The number of thioether (sulfide) groups is 1. The molecule has 1 heterocycles. The third kappa shape index (κ3) is 9.60. The fraction of sp³-hybridized carbons (Fsp3) is 0.121. The molecule has 0 saturated heterocycles. The Morgan fingerprint density at radius 1 is 0.603 bits per heavy atom. The van der Waals surface area contributed by atoms with Gasteiger partial charge in [-0.1, -0.05) is 158 Å². The summed E-state index contributed by atoms with van der Waals surface area (Å²) in [6.07, 6.45) is 0.415. The number of hydrogen-bond acceptors (Lipinski definition) is 9. The first-order valence-corrected chi connectivity index (χ1v) is 24.2. The van der Waals surface area contributed by atoms with Crippen LogP contribution in [0.4, 0.5) is 4.79 Å². The fourth-order valence-corrected chi connectivity index (χ4v) is 10.8. The van der Waals surface area contributed by atoms with E-state index < -0.39 is 17.5 Å². The molecular weight excluding hydrogens is 885 g/mol. The summed E-state index contributed by atoms with van der Waals surface area (Å²) in [6, 6.07) is 62.6. The summed E-state index contributed by atoms with van der Waals surface area (Å²) in [7, 11) is 0. The highest BCUT2D eigenvalue weighted by Crippen LogP contribution is 2.42. The summed E-state index contributed by atoms with van der Waals surface area (Å²) >= 11 is 3.19. The Morgan fingerprint density at radius 2 is 1.22 bits per heavy atom. The number of esters is 1. The van der Waals surface area contributed by atoms with E-state index in [0.29, 0.717) is 17.3 Å². The van der Waals surface area contributed by atoms with Gasteiger partial charge in [-0.25, -0.2) is 14.6 Å². The van der Waals surface area contributed by atoms with Crippen LogP contribution < -0.4 is 14.8 Å². The van der Waals surface area contributed by atoms with Crippen LogP contribution in [0.2, 0.25) is 0 Å². The van der Waals surface area contributed by atoms with Gasteiger partial charge in [-0.05, 0) is 102 Å². The predicted octanol–water partition coefficient (Wildman–Crippen LogP) is 13.9. The number of hydrogen-bond donors (Lipinski definition) is 1. The Hall–Kier alpha value is -7.66. The summed E-state index contributed by atoms with van der Waals surface area (Å²) in [5.74, 6) is 1.19. The summed E-state index contributed by atoms with van der Waals surface area (Å²) in [5.41, 5.74) is 4.08. The zero-order chi connectivity index (χ0) is 46.3. The minimum Gasteiger partial charge on any atom is -0.493 e. The maximum atomic E-state index is 13.4. The molecule has 0 bridgehead atoms. The average molecular weight is 931 g/mol. The smallest absolute Gasteiger partial charge is 0.407 e. The number of fused-ring (bicyclic) bond motifs is 7. The lowest BCUT2D eigenvalue weighted by molar-refractivity contribution is -0.137. The highest BCUT2D eigenvalue weighted by atomic mass is 32.2. The molecule has 0 radical (unpaired) electrons. The number of alkyl carbamates (subject to hydrolysis) is 1. The molecule has 1 atom stereocenters. The van der Waals surface area contributed by atoms with E-state index in [1.54, 1.807) is 23.1 Å². The molecule has 0 aliphatic heterocycles. The Kier molecular flexibility index (Phi) is 13.0. The van der Waals surface area contributed by atoms with Crippen molar-refractivity contribution in [2.24, 2.45) is 5.41 Å². The Labute approximate surface area is 402 Å². The lowest BCUT2D eigenvalue weighted by atomic mass is 9.92. The molecule has 8 nitrogen and oxygen atoms in total. The number of rotatable bonds is 17. The van der Waals surface area contributed by atoms with E-state index in [0.717, 1.165) is 69.8 Å². The summed E-state index contributed by atoms with van der Waals surface area (Å²) in [5, 5.41) is 12.0. The van der Waals surface area contributed by atoms with Crippen LogP contribution in [0.5, 0.6) is 11.5 Å². The first kappa shape index (κ1) is 44.2. The first-order chi connectivity index (χ1) is 33.4. The summed E-state index contributed by atoms with van der Waals surface area (Å²) in [6.45, 7) is 3.63. The molecule has 10 aromatic rings. The van der Waals surface area contributed by atoms with Gasteiger partial charge < -0.3 is 24.3 Å². The van der Waals surface area contributed by atoms with Crippen LogP contribution in [0.3, 0.4) is 0 Å². The number of carbonyl (C=O) groups is 2. The van der Waals surface area contributed by atoms with Crippen molar-refractivity contribution in [3.63, 3.8) is 0 Å². The number of nitrogens with zero attached hydrogens (tertiary/aromatic N) is 1. The second-order valence-corrected chi connectivity index (χ2v) is 18.8. The summed E-state index contributed by atoms with van der Waals surface area (Å²) in [4.78, 5) is 30.0. The molecule has 1 N–H and O–H groups in total. The molecule has 0 saturated carbocycles.